The van der Waals surface area contributed by atoms with Crippen LogP contribution < -0.4 is 5.32 Å². The highest BCUT2D eigenvalue weighted by Crippen LogP contribution is 2.17. The fourth-order valence-corrected chi connectivity index (χ4v) is 3.17. The van der Waals surface area contributed by atoms with Crippen molar-refractivity contribution in [3.05, 3.63) is 0 Å². The Morgan fingerprint density at radius 2 is 2.06 bits per heavy atom. The number of carbonyl (C=O) groups excluding carboxylic acids is 1. The second-order valence-corrected chi connectivity index (χ2v) is 6.32. The van der Waals surface area contributed by atoms with E-state index in [1.165, 1.54) is 6.92 Å². The Bertz CT molecular complexity index is 419. The number of carboxylic acid groups (broad SMARTS) is 1. The molecule has 1 aliphatic heterocycles. The van der Waals surface area contributed by atoms with Crippen LogP contribution in [0.4, 0.5) is 0 Å². The maximum absolute atomic E-state index is 11.8. The van der Waals surface area contributed by atoms with E-state index in [1.54, 1.807) is 0 Å². The maximum Gasteiger partial charge on any atom is 0.323 e. The molecule has 0 aromatic carbocycles. The van der Waals surface area contributed by atoms with E-state index in [4.69, 9.17) is 5.11 Å². The van der Waals surface area contributed by atoms with Crippen molar-refractivity contribution in [1.82, 2.24) is 9.62 Å². The van der Waals surface area contributed by atoms with Crippen LogP contribution >= 0.6 is 0 Å². The third-order valence-electron chi connectivity index (χ3n) is 2.71. The van der Waals surface area contributed by atoms with Gasteiger partial charge in [0.05, 0.1) is 0 Å². The number of sulfonamides is 1. The summed E-state index contributed by atoms with van der Waals surface area (Å²) in [4.78, 5) is 21.5. The number of hydrogen-bond acceptors (Lipinski definition) is 4. The molecule has 1 saturated heterocycles. The van der Waals surface area contributed by atoms with E-state index in [1.807, 2.05) is 0 Å². The van der Waals surface area contributed by atoms with Gasteiger partial charge in [-0.25, -0.2) is 8.42 Å². The third-order valence-corrected chi connectivity index (χ3v) is 4.86. The Morgan fingerprint density at radius 3 is 2.53 bits per heavy atom. The van der Waals surface area contributed by atoms with Gasteiger partial charge < -0.3 is 10.4 Å². The summed E-state index contributed by atoms with van der Waals surface area (Å²) in [6.07, 6.45) is 0.505. The molecule has 1 amide bonds. The molecule has 2 unspecified atom stereocenters. The van der Waals surface area contributed by atoms with Crippen LogP contribution in [0.15, 0.2) is 0 Å². The molecule has 0 radical (unpaired) electrons. The molecule has 0 saturated carbocycles. The number of carbonyl (C=O) groups is 2. The van der Waals surface area contributed by atoms with E-state index in [2.05, 4.69) is 5.32 Å². The molecule has 1 fully saturated rings. The van der Waals surface area contributed by atoms with Crippen molar-refractivity contribution in [2.45, 2.75) is 31.6 Å². The number of amides is 1. The summed E-state index contributed by atoms with van der Waals surface area (Å²) < 4.78 is 24.8. The van der Waals surface area contributed by atoms with Crippen molar-refractivity contribution in [3.63, 3.8) is 0 Å². The SMILES string of the molecule is CC(=O)NC1CCN(S(=O)(=O)C(C)C(=O)O)C1. The molecule has 1 aliphatic rings. The van der Waals surface area contributed by atoms with E-state index in [-0.39, 0.29) is 25.0 Å². The maximum atomic E-state index is 11.8. The Balaban J connectivity index is 2.71. The Hall–Kier alpha value is -1.15. The summed E-state index contributed by atoms with van der Waals surface area (Å²) in [6.45, 7) is 2.88. The standard InChI is InChI=1S/C9H16N2O5S/c1-6(9(13)14)17(15,16)11-4-3-8(5-11)10-7(2)12/h6,8H,3-5H2,1-2H3,(H,10,12)(H,13,14). The lowest BCUT2D eigenvalue weighted by Crippen LogP contribution is -2.42. The normalized spacial score (nSPS) is 23.3. The summed E-state index contributed by atoms with van der Waals surface area (Å²) in [6, 6.07) is -0.233. The van der Waals surface area contributed by atoms with Crippen LogP contribution in [-0.2, 0) is 19.6 Å². The van der Waals surface area contributed by atoms with Gasteiger partial charge in [0.2, 0.25) is 15.9 Å². The van der Waals surface area contributed by atoms with Crippen LogP contribution in [0.25, 0.3) is 0 Å². The molecule has 17 heavy (non-hydrogen) atoms. The molecule has 8 heteroatoms. The first kappa shape index (κ1) is 13.9. The quantitative estimate of drug-likeness (QED) is 0.677. The largest absolute Gasteiger partial charge is 0.480 e. The summed E-state index contributed by atoms with van der Waals surface area (Å²) in [5, 5.41) is 9.87. The molecule has 2 atom stereocenters. The molecule has 0 aromatic rings. The van der Waals surface area contributed by atoms with Crippen LogP contribution in [0.5, 0.6) is 0 Å². The number of hydrogen-bond donors (Lipinski definition) is 2. The Morgan fingerprint density at radius 1 is 1.47 bits per heavy atom. The monoisotopic (exact) mass is 264 g/mol. The molecule has 0 bridgehead atoms. The summed E-state index contributed by atoms with van der Waals surface area (Å²) >= 11 is 0. The van der Waals surface area contributed by atoms with Crippen LogP contribution in [0.1, 0.15) is 20.3 Å². The predicted octanol–water partition coefficient (Wildman–Crippen LogP) is -1.00. The van der Waals surface area contributed by atoms with Gasteiger partial charge in [-0.2, -0.15) is 4.31 Å². The van der Waals surface area contributed by atoms with Crippen molar-refractivity contribution in [2.75, 3.05) is 13.1 Å². The molecule has 0 spiro atoms. The molecule has 7 nitrogen and oxygen atoms in total. The van der Waals surface area contributed by atoms with E-state index >= 15 is 0 Å². The molecular weight excluding hydrogens is 248 g/mol. The second kappa shape index (κ2) is 5.01. The van der Waals surface area contributed by atoms with Gasteiger partial charge in [-0.15, -0.1) is 0 Å². The third kappa shape index (κ3) is 3.16. The van der Waals surface area contributed by atoms with Crippen LogP contribution in [0.2, 0.25) is 0 Å². The summed E-state index contributed by atoms with van der Waals surface area (Å²) in [5.41, 5.74) is 0. The fourth-order valence-electron chi connectivity index (χ4n) is 1.72. The molecule has 98 valence electrons. The number of aliphatic carboxylic acids is 1. The van der Waals surface area contributed by atoms with Gasteiger partial charge in [0.15, 0.2) is 5.25 Å². The Labute approximate surface area is 99.8 Å². The average molecular weight is 264 g/mol. The van der Waals surface area contributed by atoms with E-state index in [0.717, 1.165) is 11.2 Å². The van der Waals surface area contributed by atoms with Crippen LogP contribution in [-0.4, -0.2) is 54.1 Å². The van der Waals surface area contributed by atoms with Gasteiger partial charge in [-0.05, 0) is 13.3 Å². The summed E-state index contributed by atoms with van der Waals surface area (Å²) in [7, 11) is -3.82. The smallest absolute Gasteiger partial charge is 0.323 e. The fraction of sp³-hybridized carbons (Fsp3) is 0.778. The van der Waals surface area contributed by atoms with Gasteiger partial charge in [-0.3, -0.25) is 9.59 Å². The minimum absolute atomic E-state index is 0.138. The zero-order chi connectivity index (χ0) is 13.2. The van der Waals surface area contributed by atoms with Crippen molar-refractivity contribution < 1.29 is 23.1 Å². The van der Waals surface area contributed by atoms with E-state index in [9.17, 15) is 18.0 Å². The van der Waals surface area contributed by atoms with Crippen molar-refractivity contribution in [3.8, 4) is 0 Å². The highest BCUT2D eigenvalue weighted by atomic mass is 32.2. The highest BCUT2D eigenvalue weighted by Gasteiger charge is 2.38. The molecular formula is C9H16N2O5S. The zero-order valence-corrected chi connectivity index (χ0v) is 10.5. The van der Waals surface area contributed by atoms with Gasteiger partial charge >= 0.3 is 5.97 Å². The summed E-state index contributed by atoms with van der Waals surface area (Å²) in [5.74, 6) is -1.59. The molecule has 2 N–H and O–H groups in total. The number of rotatable bonds is 4. The van der Waals surface area contributed by atoms with Crippen LogP contribution in [0.3, 0.4) is 0 Å². The lowest BCUT2D eigenvalue weighted by molar-refractivity contribution is -0.136. The lowest BCUT2D eigenvalue weighted by atomic mass is 10.3. The molecule has 1 rings (SSSR count). The van der Waals surface area contributed by atoms with Gasteiger partial charge in [0, 0.05) is 26.1 Å². The van der Waals surface area contributed by atoms with Crippen molar-refractivity contribution >= 4 is 21.9 Å². The number of nitrogens with one attached hydrogen (secondary N) is 1. The topological polar surface area (TPSA) is 104 Å². The minimum atomic E-state index is -3.82. The number of carboxylic acids is 1. The zero-order valence-electron chi connectivity index (χ0n) is 9.71. The van der Waals surface area contributed by atoms with Crippen molar-refractivity contribution in [2.24, 2.45) is 0 Å². The molecule has 0 aromatic heterocycles. The van der Waals surface area contributed by atoms with Crippen molar-refractivity contribution in [1.29, 1.82) is 0 Å². The first-order chi connectivity index (χ1) is 7.75. The van der Waals surface area contributed by atoms with E-state index in [0.29, 0.717) is 6.42 Å². The molecule has 0 aliphatic carbocycles. The van der Waals surface area contributed by atoms with Crippen LogP contribution in [0, 0.1) is 0 Å². The minimum Gasteiger partial charge on any atom is -0.480 e. The van der Waals surface area contributed by atoms with E-state index < -0.39 is 21.2 Å². The first-order valence-corrected chi connectivity index (χ1v) is 6.74. The first-order valence-electron chi connectivity index (χ1n) is 5.24. The predicted molar refractivity (Wildman–Crippen MR) is 59.8 cm³/mol. The van der Waals surface area contributed by atoms with Gasteiger partial charge in [-0.1, -0.05) is 0 Å². The van der Waals surface area contributed by atoms with Gasteiger partial charge in [0.25, 0.3) is 0 Å². The highest BCUT2D eigenvalue weighted by molar-refractivity contribution is 7.90. The average Bonchev–Trinajstić information content (AvgIpc) is 2.64. The number of nitrogens with zero attached hydrogens (tertiary/aromatic N) is 1. The van der Waals surface area contributed by atoms with Gasteiger partial charge in [0.1, 0.15) is 0 Å². The second-order valence-electron chi connectivity index (χ2n) is 4.07. The molecule has 1 heterocycles. The lowest BCUT2D eigenvalue weighted by Gasteiger charge is -2.19. The Kier molecular flexibility index (Phi) is 4.10.